The molecule has 0 radical (unpaired) electrons. The molecule has 1 heterocycles. The van der Waals surface area contributed by atoms with Crippen molar-refractivity contribution in [2.45, 2.75) is 69.8 Å². The van der Waals surface area contributed by atoms with Gasteiger partial charge in [-0.2, -0.15) is 0 Å². The van der Waals surface area contributed by atoms with Crippen LogP contribution in [0.3, 0.4) is 0 Å². The molecule has 1 aliphatic carbocycles. The Labute approximate surface area is 318 Å². The Balaban J connectivity index is 1.01. The summed E-state index contributed by atoms with van der Waals surface area (Å²) in [5.41, 5.74) is 6.63. The van der Waals surface area contributed by atoms with Crippen LogP contribution in [0.1, 0.15) is 66.8 Å². The Morgan fingerprint density at radius 1 is 0.796 bits per heavy atom. The average molecular weight is 724 g/mol. The lowest BCUT2D eigenvalue weighted by Crippen LogP contribution is -2.43. The number of rotatable bonds is 14. The minimum atomic E-state index is -0.548. The Morgan fingerprint density at radius 3 is 2.26 bits per heavy atom. The van der Waals surface area contributed by atoms with Gasteiger partial charge >= 0.3 is 6.03 Å². The molecule has 0 bridgehead atoms. The Kier molecular flexibility index (Phi) is 12.5. The van der Waals surface area contributed by atoms with Gasteiger partial charge in [-0.05, 0) is 89.2 Å². The van der Waals surface area contributed by atoms with Crippen molar-refractivity contribution in [2.75, 3.05) is 18.4 Å². The first-order valence-electron chi connectivity index (χ1n) is 19.0. The summed E-state index contributed by atoms with van der Waals surface area (Å²) in [6, 6.07) is 41.7. The summed E-state index contributed by atoms with van der Waals surface area (Å²) < 4.78 is 19.3. The van der Waals surface area contributed by atoms with E-state index < -0.39 is 6.29 Å². The maximum Gasteiger partial charge on any atom is 0.319 e. The van der Waals surface area contributed by atoms with Crippen molar-refractivity contribution in [2.24, 2.45) is 0 Å². The minimum absolute atomic E-state index is 0.00972. The molecule has 2 aliphatic rings. The number of nitrogens with one attached hydrogen (secondary N) is 2. The van der Waals surface area contributed by atoms with Crippen LogP contribution in [-0.2, 0) is 22.6 Å². The highest BCUT2D eigenvalue weighted by Gasteiger charge is 2.34. The lowest BCUT2D eigenvalue weighted by molar-refractivity contribution is -0.253. The first-order chi connectivity index (χ1) is 26.5. The van der Waals surface area contributed by atoms with Crippen LogP contribution in [0.25, 0.3) is 11.1 Å². The molecule has 0 aromatic heterocycles. The summed E-state index contributed by atoms with van der Waals surface area (Å²) in [6.45, 7) is 6.08. The summed E-state index contributed by atoms with van der Waals surface area (Å²) in [4.78, 5) is 15.3. The van der Waals surface area contributed by atoms with Gasteiger partial charge in [-0.25, -0.2) is 4.79 Å². The number of aliphatic hydroxyl groups is 1. The summed E-state index contributed by atoms with van der Waals surface area (Å²) in [5.74, 6) is 1.45. The average Bonchev–Trinajstić information content (AvgIpc) is 3.77. The van der Waals surface area contributed by atoms with E-state index in [4.69, 9.17) is 14.2 Å². The van der Waals surface area contributed by atoms with E-state index in [-0.39, 0.29) is 24.8 Å². The number of urea groups is 1. The molecule has 3 N–H and O–H groups in total. The fourth-order valence-corrected chi connectivity index (χ4v) is 7.42. The van der Waals surface area contributed by atoms with Crippen LogP contribution in [0.4, 0.5) is 10.5 Å². The van der Waals surface area contributed by atoms with E-state index in [1.54, 1.807) is 0 Å². The number of carbonyl (C=O) groups is 1. The maximum absolute atomic E-state index is 12.8. The van der Waals surface area contributed by atoms with Crippen LogP contribution in [0.2, 0.25) is 0 Å². The molecule has 8 nitrogen and oxygen atoms in total. The van der Waals surface area contributed by atoms with Crippen molar-refractivity contribution in [1.82, 2.24) is 10.2 Å². The van der Waals surface area contributed by atoms with E-state index in [0.29, 0.717) is 24.0 Å². The molecule has 3 unspecified atom stereocenters. The van der Waals surface area contributed by atoms with Gasteiger partial charge in [0.1, 0.15) is 11.5 Å². The quantitative estimate of drug-likeness (QED) is 0.0989. The number of anilines is 1. The highest BCUT2D eigenvalue weighted by Crippen LogP contribution is 2.40. The van der Waals surface area contributed by atoms with Gasteiger partial charge < -0.3 is 30.0 Å². The van der Waals surface area contributed by atoms with E-state index in [0.717, 1.165) is 58.6 Å². The molecule has 1 saturated heterocycles. The molecule has 5 aromatic carbocycles. The highest BCUT2D eigenvalue weighted by molar-refractivity contribution is 5.89. The zero-order valence-electron chi connectivity index (χ0n) is 30.6. The molecule has 2 amide bonds. The number of carbonyl (C=O) groups excluding carboxylic acids is 1. The second-order valence-electron chi connectivity index (χ2n) is 14.1. The molecular formula is C46H49N3O5. The van der Waals surface area contributed by atoms with Crippen molar-refractivity contribution in [3.8, 4) is 22.6 Å². The summed E-state index contributed by atoms with van der Waals surface area (Å²) >= 11 is 0. The van der Waals surface area contributed by atoms with Gasteiger partial charge in [-0.3, -0.25) is 4.90 Å². The Hall–Kier alpha value is -5.25. The van der Waals surface area contributed by atoms with E-state index >= 15 is 0 Å². The fourth-order valence-electron chi connectivity index (χ4n) is 7.42. The first kappa shape index (κ1) is 37.1. The predicted molar refractivity (Wildman–Crippen MR) is 213 cm³/mol. The molecule has 7 rings (SSSR count). The van der Waals surface area contributed by atoms with Crippen molar-refractivity contribution in [1.29, 1.82) is 0 Å². The van der Waals surface area contributed by atoms with Gasteiger partial charge in [0.25, 0.3) is 0 Å². The minimum Gasteiger partial charge on any atom is -0.457 e. The van der Waals surface area contributed by atoms with E-state index in [1.165, 1.54) is 25.7 Å². The topological polar surface area (TPSA) is 92.3 Å². The van der Waals surface area contributed by atoms with Crippen LogP contribution in [0.15, 0.2) is 140 Å². The van der Waals surface area contributed by atoms with E-state index in [9.17, 15) is 9.90 Å². The van der Waals surface area contributed by atoms with Gasteiger partial charge in [0.05, 0.1) is 18.8 Å². The molecule has 1 saturated carbocycles. The lowest BCUT2D eigenvalue weighted by atomic mass is 9.98. The molecule has 8 heteroatoms. The third kappa shape index (κ3) is 9.83. The molecular weight excluding hydrogens is 675 g/mol. The van der Waals surface area contributed by atoms with Gasteiger partial charge in [0, 0.05) is 43.3 Å². The normalized spacial score (nSPS) is 18.7. The van der Waals surface area contributed by atoms with Crippen LogP contribution in [-0.4, -0.2) is 41.3 Å². The monoisotopic (exact) mass is 723 g/mol. The second kappa shape index (κ2) is 18.2. The number of amides is 2. The number of aliphatic hydroxyl groups excluding tert-OH is 1. The predicted octanol–water partition coefficient (Wildman–Crippen LogP) is 9.94. The summed E-state index contributed by atoms with van der Waals surface area (Å²) in [6.07, 6.45) is 6.98. The van der Waals surface area contributed by atoms with E-state index in [1.807, 2.05) is 91.0 Å². The molecule has 278 valence electrons. The zero-order valence-corrected chi connectivity index (χ0v) is 30.6. The number of ether oxygens (including phenoxy) is 3. The van der Waals surface area contributed by atoms with Crippen LogP contribution < -0.4 is 15.4 Å². The standard InChI is InChI=1S/C46H49N3O5/c1-2-26-49(40-14-6-7-15-40)31-43-29-44(35-20-18-33(32-50)19-21-35)54-45(53-43)38-13-9-12-37(28-38)36-11-8-10-34(27-36)30-47-46(51)48-39-22-24-42(25-23-39)52-41-16-4-3-5-17-41/h2-5,8-13,16-25,27-28,40,43-45,50H,1,6-7,14-15,26,29-32H2,(H2,47,48,51). The van der Waals surface area contributed by atoms with Crippen LogP contribution in [0.5, 0.6) is 11.5 Å². The number of benzene rings is 5. The third-order valence-electron chi connectivity index (χ3n) is 10.2. The number of nitrogens with zero attached hydrogens (tertiary/aromatic N) is 1. The molecule has 1 aliphatic heterocycles. The van der Waals surface area contributed by atoms with Gasteiger partial charge in [-0.1, -0.05) is 97.8 Å². The van der Waals surface area contributed by atoms with E-state index in [2.05, 4.69) is 64.6 Å². The first-order valence-corrected chi connectivity index (χ1v) is 19.0. The summed E-state index contributed by atoms with van der Waals surface area (Å²) in [5, 5.41) is 15.5. The number of hydrogen-bond acceptors (Lipinski definition) is 6. The van der Waals surface area contributed by atoms with Crippen molar-refractivity contribution >= 4 is 11.7 Å². The van der Waals surface area contributed by atoms with Gasteiger partial charge in [0.2, 0.25) is 0 Å². The lowest BCUT2D eigenvalue weighted by Gasteiger charge is -2.39. The number of para-hydroxylation sites is 1. The second-order valence-corrected chi connectivity index (χ2v) is 14.1. The molecule has 54 heavy (non-hydrogen) atoms. The molecule has 0 spiro atoms. The summed E-state index contributed by atoms with van der Waals surface area (Å²) in [7, 11) is 0. The number of hydrogen-bond donors (Lipinski definition) is 3. The van der Waals surface area contributed by atoms with Gasteiger partial charge in [-0.15, -0.1) is 6.58 Å². The molecule has 2 fully saturated rings. The third-order valence-corrected chi connectivity index (χ3v) is 10.2. The van der Waals surface area contributed by atoms with Crippen molar-refractivity contribution in [3.63, 3.8) is 0 Å². The Morgan fingerprint density at radius 2 is 1.52 bits per heavy atom. The van der Waals surface area contributed by atoms with Gasteiger partial charge in [0.15, 0.2) is 6.29 Å². The van der Waals surface area contributed by atoms with Crippen LogP contribution in [0, 0.1) is 0 Å². The zero-order chi connectivity index (χ0) is 37.1. The Bertz CT molecular complexity index is 1960. The molecule has 5 aromatic rings. The highest BCUT2D eigenvalue weighted by atomic mass is 16.7. The largest absolute Gasteiger partial charge is 0.457 e. The molecule has 3 atom stereocenters. The SMILES string of the molecule is C=CCN(CC1CC(c2ccc(CO)cc2)OC(c2cccc(-c3cccc(CNC(=O)Nc4ccc(Oc5ccccc5)cc4)c3)c2)O1)C1CCCC1. The van der Waals surface area contributed by atoms with Crippen molar-refractivity contribution in [3.05, 3.63) is 162 Å². The fraction of sp³-hybridized carbons (Fsp3) is 0.283. The van der Waals surface area contributed by atoms with Crippen LogP contribution >= 0.6 is 0 Å². The smallest absolute Gasteiger partial charge is 0.319 e. The van der Waals surface area contributed by atoms with Crippen molar-refractivity contribution < 1.29 is 24.1 Å². The maximum atomic E-state index is 12.8.